The molecule has 0 saturated carbocycles. The first kappa shape index (κ1) is 16.2. The Balaban J connectivity index is 0.00000162. The van der Waals surface area contributed by atoms with Crippen molar-refractivity contribution in [2.45, 2.75) is 32.2 Å². The summed E-state index contributed by atoms with van der Waals surface area (Å²) in [4.78, 5) is 2.39. The van der Waals surface area contributed by atoms with E-state index in [9.17, 15) is 8.42 Å². The molecule has 2 aliphatic rings. The molecular weight excluding hydrogens is 272 g/mol. The van der Waals surface area contributed by atoms with Crippen molar-refractivity contribution in [3.63, 3.8) is 0 Å². The lowest BCUT2D eigenvalue weighted by Crippen LogP contribution is -2.41. The Morgan fingerprint density at radius 3 is 2.50 bits per heavy atom. The fourth-order valence-electron chi connectivity index (χ4n) is 2.78. The molecule has 18 heavy (non-hydrogen) atoms. The Morgan fingerprint density at radius 1 is 1.17 bits per heavy atom. The van der Waals surface area contributed by atoms with Gasteiger partial charge in [-0.05, 0) is 45.2 Å². The number of nitrogens with one attached hydrogen (secondary N) is 1. The summed E-state index contributed by atoms with van der Waals surface area (Å²) in [7, 11) is -2.78. The molecule has 108 valence electrons. The summed E-state index contributed by atoms with van der Waals surface area (Å²) in [5.74, 6) is 1.47. The second-order valence-corrected chi connectivity index (χ2v) is 7.78. The summed E-state index contributed by atoms with van der Waals surface area (Å²) >= 11 is 0. The lowest BCUT2D eigenvalue weighted by Gasteiger charge is -2.32. The fourth-order valence-corrected chi connectivity index (χ4v) is 4.20. The molecule has 1 unspecified atom stereocenters. The quantitative estimate of drug-likeness (QED) is 0.823. The fraction of sp³-hybridized carbons (Fsp3) is 1.00. The average Bonchev–Trinajstić information content (AvgIpc) is 2.44. The summed E-state index contributed by atoms with van der Waals surface area (Å²) in [5, 5.41) is 3.37. The van der Waals surface area contributed by atoms with Gasteiger partial charge < -0.3 is 5.32 Å². The van der Waals surface area contributed by atoms with Crippen LogP contribution in [0.5, 0.6) is 0 Å². The zero-order valence-electron chi connectivity index (χ0n) is 11.1. The van der Waals surface area contributed by atoms with Crippen LogP contribution in [-0.2, 0) is 9.84 Å². The highest BCUT2D eigenvalue weighted by molar-refractivity contribution is 7.91. The largest absolute Gasteiger partial charge is 0.317 e. The zero-order valence-corrected chi connectivity index (χ0v) is 12.7. The number of sulfone groups is 1. The lowest BCUT2D eigenvalue weighted by atomic mass is 9.97. The second kappa shape index (κ2) is 7.08. The molecule has 2 aliphatic heterocycles. The van der Waals surface area contributed by atoms with Crippen molar-refractivity contribution >= 4 is 22.2 Å². The Morgan fingerprint density at radius 2 is 1.83 bits per heavy atom. The van der Waals surface area contributed by atoms with Crippen LogP contribution in [-0.4, -0.2) is 57.0 Å². The maximum absolute atomic E-state index is 11.6. The molecule has 6 heteroatoms. The number of rotatable bonds is 2. The van der Waals surface area contributed by atoms with Crippen LogP contribution in [0.25, 0.3) is 0 Å². The minimum Gasteiger partial charge on any atom is -0.317 e. The van der Waals surface area contributed by atoms with Crippen LogP contribution in [0.15, 0.2) is 0 Å². The van der Waals surface area contributed by atoms with Crippen molar-refractivity contribution in [2.75, 3.05) is 37.7 Å². The van der Waals surface area contributed by atoms with E-state index < -0.39 is 9.84 Å². The van der Waals surface area contributed by atoms with Gasteiger partial charge in [0.15, 0.2) is 9.84 Å². The molecule has 2 fully saturated rings. The van der Waals surface area contributed by atoms with E-state index in [2.05, 4.69) is 17.1 Å². The van der Waals surface area contributed by atoms with Gasteiger partial charge in [0.2, 0.25) is 0 Å². The standard InChI is InChI=1S/C12H24N2O2S.ClH/c1-11-4-8-17(15,16)9-7-14(11)10-12-2-5-13-6-3-12;/h11-13H,2-10H2,1H3;1H. The van der Waals surface area contributed by atoms with E-state index >= 15 is 0 Å². The van der Waals surface area contributed by atoms with E-state index in [4.69, 9.17) is 0 Å². The molecule has 0 amide bonds. The van der Waals surface area contributed by atoms with E-state index in [0.717, 1.165) is 38.5 Å². The molecule has 1 atom stereocenters. The van der Waals surface area contributed by atoms with Crippen LogP contribution in [0.3, 0.4) is 0 Å². The molecule has 2 saturated heterocycles. The first-order valence-electron chi connectivity index (χ1n) is 6.72. The number of nitrogens with zero attached hydrogens (tertiary/aromatic N) is 1. The van der Waals surface area contributed by atoms with Gasteiger partial charge in [0.05, 0.1) is 11.5 Å². The van der Waals surface area contributed by atoms with Gasteiger partial charge in [-0.2, -0.15) is 0 Å². The zero-order chi connectivity index (χ0) is 12.3. The predicted molar refractivity (Wildman–Crippen MR) is 77.1 cm³/mol. The maximum Gasteiger partial charge on any atom is 0.151 e. The number of hydrogen-bond donors (Lipinski definition) is 1. The molecular formula is C12H25ClN2O2S. The van der Waals surface area contributed by atoms with Crippen LogP contribution in [0.4, 0.5) is 0 Å². The average molecular weight is 297 g/mol. The Kier molecular flexibility index (Phi) is 6.38. The van der Waals surface area contributed by atoms with E-state index in [1.165, 1.54) is 12.8 Å². The molecule has 0 radical (unpaired) electrons. The third-order valence-electron chi connectivity index (χ3n) is 4.11. The molecule has 2 rings (SSSR count). The Hall–Kier alpha value is 0.160. The summed E-state index contributed by atoms with van der Waals surface area (Å²) in [5.41, 5.74) is 0. The van der Waals surface area contributed by atoms with Crippen LogP contribution < -0.4 is 5.32 Å². The maximum atomic E-state index is 11.6. The van der Waals surface area contributed by atoms with Crippen molar-refractivity contribution in [1.29, 1.82) is 0 Å². The summed E-state index contributed by atoms with van der Waals surface area (Å²) in [6.07, 6.45) is 3.26. The molecule has 0 spiro atoms. The van der Waals surface area contributed by atoms with E-state index in [-0.39, 0.29) is 12.4 Å². The Bertz CT molecular complexity index is 342. The highest BCUT2D eigenvalue weighted by atomic mass is 35.5. The van der Waals surface area contributed by atoms with Crippen molar-refractivity contribution in [1.82, 2.24) is 10.2 Å². The van der Waals surface area contributed by atoms with Crippen molar-refractivity contribution < 1.29 is 8.42 Å². The highest BCUT2D eigenvalue weighted by Crippen LogP contribution is 2.18. The van der Waals surface area contributed by atoms with Gasteiger partial charge in [0.25, 0.3) is 0 Å². The molecule has 1 N–H and O–H groups in total. The van der Waals surface area contributed by atoms with Gasteiger partial charge in [-0.3, -0.25) is 4.90 Å². The van der Waals surface area contributed by atoms with Gasteiger partial charge in [0.1, 0.15) is 0 Å². The first-order chi connectivity index (χ1) is 8.07. The van der Waals surface area contributed by atoms with Crippen molar-refractivity contribution in [2.24, 2.45) is 5.92 Å². The summed E-state index contributed by atoms with van der Waals surface area (Å²) in [6.45, 7) is 6.21. The van der Waals surface area contributed by atoms with Crippen LogP contribution in [0, 0.1) is 5.92 Å². The minimum atomic E-state index is -2.78. The van der Waals surface area contributed by atoms with Gasteiger partial charge in [-0.1, -0.05) is 0 Å². The van der Waals surface area contributed by atoms with Crippen LogP contribution in [0.2, 0.25) is 0 Å². The second-order valence-electron chi connectivity index (χ2n) is 5.48. The molecule has 2 heterocycles. The van der Waals surface area contributed by atoms with E-state index in [0.29, 0.717) is 17.5 Å². The van der Waals surface area contributed by atoms with Crippen molar-refractivity contribution in [3.05, 3.63) is 0 Å². The third kappa shape index (κ3) is 4.68. The van der Waals surface area contributed by atoms with Crippen LogP contribution >= 0.6 is 12.4 Å². The highest BCUT2D eigenvalue weighted by Gasteiger charge is 2.26. The first-order valence-corrected chi connectivity index (χ1v) is 8.54. The molecule has 0 bridgehead atoms. The summed E-state index contributed by atoms with van der Waals surface area (Å²) in [6, 6.07) is 0.419. The molecule has 0 aromatic heterocycles. The minimum absolute atomic E-state index is 0. The number of hydrogen-bond acceptors (Lipinski definition) is 4. The van der Waals surface area contributed by atoms with Gasteiger partial charge >= 0.3 is 0 Å². The molecule has 0 aliphatic carbocycles. The summed E-state index contributed by atoms with van der Waals surface area (Å²) < 4.78 is 23.2. The third-order valence-corrected chi connectivity index (χ3v) is 5.77. The van der Waals surface area contributed by atoms with Gasteiger partial charge in [-0.25, -0.2) is 8.42 Å². The van der Waals surface area contributed by atoms with E-state index in [1.807, 2.05) is 0 Å². The van der Waals surface area contributed by atoms with Crippen LogP contribution in [0.1, 0.15) is 26.2 Å². The van der Waals surface area contributed by atoms with Gasteiger partial charge in [-0.15, -0.1) is 12.4 Å². The number of piperidine rings is 1. The molecule has 4 nitrogen and oxygen atoms in total. The molecule has 0 aromatic rings. The molecule has 0 aromatic carbocycles. The lowest BCUT2D eigenvalue weighted by molar-refractivity contribution is 0.169. The predicted octanol–water partition coefficient (Wildman–Crippen LogP) is 0.917. The van der Waals surface area contributed by atoms with Gasteiger partial charge in [0, 0.05) is 19.1 Å². The SMILES string of the molecule is CC1CCS(=O)(=O)CCN1CC1CCNCC1.Cl. The number of halogens is 1. The Labute approximate surface area is 117 Å². The smallest absolute Gasteiger partial charge is 0.151 e. The van der Waals surface area contributed by atoms with E-state index in [1.54, 1.807) is 0 Å². The monoisotopic (exact) mass is 296 g/mol. The normalized spacial score (nSPS) is 30.4. The van der Waals surface area contributed by atoms with Crippen molar-refractivity contribution in [3.8, 4) is 0 Å². The topological polar surface area (TPSA) is 49.4 Å².